The molecule has 0 radical (unpaired) electrons. The Kier molecular flexibility index (Phi) is 8.36. The predicted octanol–water partition coefficient (Wildman–Crippen LogP) is 5.56. The second-order valence-electron chi connectivity index (χ2n) is 9.73. The molecule has 8 nitrogen and oxygen atoms in total. The van der Waals surface area contributed by atoms with Crippen LogP contribution in [0, 0.1) is 11.7 Å². The third-order valence-electron chi connectivity index (χ3n) is 6.82. The molecule has 0 unspecified atom stereocenters. The summed E-state index contributed by atoms with van der Waals surface area (Å²) in [5.74, 6) is 0.843. The van der Waals surface area contributed by atoms with E-state index in [2.05, 4.69) is 25.5 Å². The van der Waals surface area contributed by atoms with Gasteiger partial charge in [-0.1, -0.05) is 17.7 Å². The van der Waals surface area contributed by atoms with Gasteiger partial charge in [-0.25, -0.2) is 14.4 Å². The molecular formula is C28H31ClFN5O3. The number of hydrogen-bond donors (Lipinski definition) is 2. The molecule has 2 aliphatic rings. The summed E-state index contributed by atoms with van der Waals surface area (Å²) in [4.78, 5) is 24.0. The van der Waals surface area contributed by atoms with Gasteiger partial charge in [0.25, 0.3) is 0 Å². The molecule has 1 aromatic heterocycles. The number of carbonyl (C=O) groups excluding carboxylic acids is 1. The van der Waals surface area contributed by atoms with Crippen LogP contribution >= 0.6 is 11.6 Å². The number of nitrogens with zero attached hydrogens (tertiary/aromatic N) is 3. The van der Waals surface area contributed by atoms with Crippen LogP contribution < -0.4 is 15.4 Å². The van der Waals surface area contributed by atoms with Crippen LogP contribution in [0.15, 0.2) is 48.8 Å². The molecule has 38 heavy (non-hydrogen) atoms. The van der Waals surface area contributed by atoms with E-state index < -0.39 is 5.82 Å². The average molecular weight is 540 g/mol. The van der Waals surface area contributed by atoms with Gasteiger partial charge in [-0.2, -0.15) is 0 Å². The highest BCUT2D eigenvalue weighted by molar-refractivity contribution is 6.31. The average Bonchev–Trinajstić information content (AvgIpc) is 3.63. The summed E-state index contributed by atoms with van der Waals surface area (Å²) in [6.07, 6.45) is 9.41. The molecule has 1 saturated heterocycles. The zero-order valence-electron chi connectivity index (χ0n) is 21.3. The fourth-order valence-electron chi connectivity index (χ4n) is 4.59. The molecule has 2 fully saturated rings. The number of carbonyl (C=O) groups is 1. The van der Waals surface area contributed by atoms with Crippen molar-refractivity contribution < 1.29 is 18.7 Å². The number of nitrogens with one attached hydrogen (secondary N) is 2. The first-order valence-electron chi connectivity index (χ1n) is 12.8. The van der Waals surface area contributed by atoms with Crippen LogP contribution in [0.2, 0.25) is 5.02 Å². The van der Waals surface area contributed by atoms with Gasteiger partial charge in [-0.3, -0.25) is 9.69 Å². The van der Waals surface area contributed by atoms with Gasteiger partial charge >= 0.3 is 0 Å². The Hall–Kier alpha value is -3.27. The fourth-order valence-corrected chi connectivity index (χ4v) is 4.77. The van der Waals surface area contributed by atoms with E-state index in [4.69, 9.17) is 21.1 Å². The summed E-state index contributed by atoms with van der Waals surface area (Å²) in [6, 6.07) is 8.34. The van der Waals surface area contributed by atoms with E-state index in [1.165, 1.54) is 18.5 Å². The number of aromatic nitrogens is 2. The maximum Gasteiger partial charge on any atom is 0.248 e. The molecule has 3 aromatic rings. The zero-order chi connectivity index (χ0) is 26.5. The van der Waals surface area contributed by atoms with Crippen molar-refractivity contribution in [3.05, 3.63) is 59.7 Å². The minimum absolute atomic E-state index is 0.00587. The highest BCUT2D eigenvalue weighted by atomic mass is 35.5. The summed E-state index contributed by atoms with van der Waals surface area (Å²) in [6.45, 7) is 2.97. The molecule has 2 heterocycles. The largest absolute Gasteiger partial charge is 0.491 e. The lowest BCUT2D eigenvalue weighted by molar-refractivity contribution is -0.111. The third kappa shape index (κ3) is 6.59. The molecule has 10 heteroatoms. The van der Waals surface area contributed by atoms with Crippen molar-refractivity contribution in [3.8, 4) is 5.75 Å². The Morgan fingerprint density at radius 2 is 2.08 bits per heavy atom. The molecule has 1 aliphatic heterocycles. The number of anilines is 3. The topological polar surface area (TPSA) is 88.6 Å². The van der Waals surface area contributed by atoms with Gasteiger partial charge in [0.05, 0.1) is 29.4 Å². The zero-order valence-corrected chi connectivity index (χ0v) is 22.0. The first-order chi connectivity index (χ1) is 18.5. The van der Waals surface area contributed by atoms with Crippen molar-refractivity contribution in [2.45, 2.75) is 31.7 Å². The SMILES string of the molecule is COC[C@@H]1CCCN1CC=CC(=O)Nc1cc2c(Nc3ccc(F)c(Cl)c3)ncnc2cc1OCC1CC1. The lowest BCUT2D eigenvalue weighted by atomic mass is 10.1. The molecule has 0 spiro atoms. The van der Waals surface area contributed by atoms with Crippen LogP contribution in [0.25, 0.3) is 10.9 Å². The Morgan fingerprint density at radius 1 is 1.21 bits per heavy atom. The van der Waals surface area contributed by atoms with Crippen molar-refractivity contribution >= 4 is 45.6 Å². The molecule has 2 aromatic carbocycles. The van der Waals surface area contributed by atoms with Gasteiger partial charge in [0.2, 0.25) is 5.91 Å². The highest BCUT2D eigenvalue weighted by Crippen LogP contribution is 2.36. The number of ether oxygens (including phenoxy) is 2. The fraction of sp³-hybridized carbons (Fsp3) is 0.393. The standard InChI is InChI=1S/C28H31ClFN5O3/c1-37-16-20-4-2-10-35(20)11-3-5-27(36)34-25-13-21-24(14-26(25)38-15-18-6-7-18)31-17-32-28(21)33-19-8-9-23(30)22(29)12-19/h3,5,8-9,12-14,17-18,20H,2,4,6-7,10-11,15-16H2,1H3,(H,34,36)(H,31,32,33)/t20-/m0/s1. The smallest absolute Gasteiger partial charge is 0.248 e. The third-order valence-corrected chi connectivity index (χ3v) is 7.11. The summed E-state index contributed by atoms with van der Waals surface area (Å²) in [7, 11) is 1.72. The lowest BCUT2D eigenvalue weighted by Crippen LogP contribution is -2.33. The number of halogens is 2. The van der Waals surface area contributed by atoms with Crippen LogP contribution in [0.5, 0.6) is 5.75 Å². The molecule has 200 valence electrons. The van der Waals surface area contributed by atoms with E-state index >= 15 is 0 Å². The van der Waals surface area contributed by atoms with Crippen LogP contribution in [0.3, 0.4) is 0 Å². The minimum Gasteiger partial charge on any atom is -0.491 e. The van der Waals surface area contributed by atoms with E-state index in [1.54, 1.807) is 31.4 Å². The van der Waals surface area contributed by atoms with Crippen LogP contribution in [0.4, 0.5) is 21.6 Å². The van der Waals surface area contributed by atoms with Gasteiger partial charge in [0, 0.05) is 42.9 Å². The summed E-state index contributed by atoms with van der Waals surface area (Å²) in [5, 5.41) is 6.82. The Bertz CT molecular complexity index is 1330. The maximum absolute atomic E-state index is 13.6. The molecule has 1 aliphatic carbocycles. The van der Waals surface area contributed by atoms with Crippen molar-refractivity contribution in [1.82, 2.24) is 14.9 Å². The van der Waals surface area contributed by atoms with Crippen molar-refractivity contribution in [3.63, 3.8) is 0 Å². The highest BCUT2D eigenvalue weighted by Gasteiger charge is 2.24. The van der Waals surface area contributed by atoms with Gasteiger partial charge in [0.1, 0.15) is 23.7 Å². The first-order valence-corrected chi connectivity index (χ1v) is 13.2. The summed E-state index contributed by atoms with van der Waals surface area (Å²) < 4.78 is 25.0. The minimum atomic E-state index is -0.501. The Balaban J connectivity index is 1.36. The maximum atomic E-state index is 13.6. The second-order valence-corrected chi connectivity index (χ2v) is 10.1. The summed E-state index contributed by atoms with van der Waals surface area (Å²) in [5.41, 5.74) is 1.75. The Labute approximate surface area is 226 Å². The molecule has 1 amide bonds. The monoisotopic (exact) mass is 539 g/mol. The summed E-state index contributed by atoms with van der Waals surface area (Å²) >= 11 is 5.95. The van der Waals surface area contributed by atoms with Gasteiger partial charge in [0.15, 0.2) is 0 Å². The number of benzene rings is 2. The van der Waals surface area contributed by atoms with Gasteiger partial charge in [-0.05, 0) is 62.4 Å². The molecule has 1 saturated carbocycles. The molecule has 0 bridgehead atoms. The van der Waals surface area contributed by atoms with Crippen molar-refractivity contribution in [2.75, 3.05) is 44.0 Å². The van der Waals surface area contributed by atoms with Crippen LogP contribution in [0.1, 0.15) is 25.7 Å². The molecular weight excluding hydrogens is 509 g/mol. The second kappa shape index (κ2) is 12.1. The van der Waals surface area contributed by atoms with E-state index in [9.17, 15) is 9.18 Å². The number of hydrogen-bond acceptors (Lipinski definition) is 7. The van der Waals surface area contributed by atoms with E-state index in [-0.39, 0.29) is 10.9 Å². The Morgan fingerprint density at radius 3 is 2.87 bits per heavy atom. The van der Waals surface area contributed by atoms with E-state index in [0.717, 1.165) is 32.2 Å². The first kappa shape index (κ1) is 26.3. The van der Waals surface area contributed by atoms with Crippen molar-refractivity contribution in [1.29, 1.82) is 0 Å². The number of methoxy groups -OCH3 is 1. The number of rotatable bonds is 11. The van der Waals surface area contributed by atoms with E-state index in [0.29, 0.717) is 65.6 Å². The molecule has 5 rings (SSSR count). The number of likely N-dealkylation sites (tertiary alicyclic amines) is 1. The number of fused-ring (bicyclic) bond motifs is 1. The predicted molar refractivity (Wildman–Crippen MR) is 147 cm³/mol. The van der Waals surface area contributed by atoms with E-state index in [1.807, 2.05) is 6.08 Å². The van der Waals surface area contributed by atoms with Gasteiger partial charge in [-0.15, -0.1) is 0 Å². The normalized spacial score (nSPS) is 17.8. The lowest BCUT2D eigenvalue weighted by Gasteiger charge is -2.21. The van der Waals surface area contributed by atoms with Crippen molar-refractivity contribution in [2.24, 2.45) is 5.92 Å². The van der Waals surface area contributed by atoms with Crippen LogP contribution in [-0.4, -0.2) is 60.2 Å². The quantitative estimate of drug-likeness (QED) is 0.308. The van der Waals surface area contributed by atoms with Gasteiger partial charge < -0.3 is 20.1 Å². The number of amides is 1. The van der Waals surface area contributed by atoms with Crippen LogP contribution in [-0.2, 0) is 9.53 Å². The molecule has 2 N–H and O–H groups in total. The molecule has 1 atom stereocenters.